The molecule has 26 heavy (non-hydrogen) atoms. The molecule has 1 saturated heterocycles. The average Bonchev–Trinajstić information content (AvgIpc) is 3.21. The number of para-hydroxylation sites is 2. The molecule has 0 saturated carbocycles. The molecule has 2 aliphatic heterocycles. The lowest BCUT2D eigenvalue weighted by molar-refractivity contribution is 0.0969. The Bertz CT molecular complexity index is 735. The van der Waals surface area contributed by atoms with E-state index in [0.29, 0.717) is 19.1 Å². The lowest BCUT2D eigenvalue weighted by Gasteiger charge is -2.35. The van der Waals surface area contributed by atoms with Crippen molar-refractivity contribution in [1.29, 1.82) is 0 Å². The number of nitrogens with zero attached hydrogens (tertiary/aromatic N) is 4. The van der Waals surface area contributed by atoms with Gasteiger partial charge >= 0.3 is 0 Å². The van der Waals surface area contributed by atoms with Crippen LogP contribution in [0.1, 0.15) is 0 Å². The van der Waals surface area contributed by atoms with Gasteiger partial charge in [-0.25, -0.2) is 9.98 Å². The molecule has 1 unspecified atom stereocenters. The zero-order valence-corrected chi connectivity index (χ0v) is 17.4. The van der Waals surface area contributed by atoms with E-state index in [1.807, 2.05) is 35.8 Å². The zero-order valence-electron chi connectivity index (χ0n) is 14.3. The fourth-order valence-electron chi connectivity index (χ4n) is 2.95. The van der Waals surface area contributed by atoms with Crippen molar-refractivity contribution < 1.29 is 9.47 Å². The lowest BCUT2D eigenvalue weighted by Crippen LogP contribution is -2.51. The fourth-order valence-corrected chi connectivity index (χ4v) is 3.64. The third-order valence-corrected chi connectivity index (χ3v) is 5.15. The summed E-state index contributed by atoms with van der Waals surface area (Å²) in [5.41, 5.74) is 6.17. The van der Waals surface area contributed by atoms with Crippen molar-refractivity contribution in [2.45, 2.75) is 6.10 Å². The highest BCUT2D eigenvalue weighted by Gasteiger charge is 2.22. The van der Waals surface area contributed by atoms with Crippen LogP contribution >= 0.6 is 35.3 Å². The van der Waals surface area contributed by atoms with E-state index in [-0.39, 0.29) is 30.1 Å². The summed E-state index contributed by atoms with van der Waals surface area (Å²) in [6.45, 7) is 4.48. The normalized spacial score (nSPS) is 19.8. The first-order valence-corrected chi connectivity index (χ1v) is 9.25. The molecular formula is C17H22IN5O2S. The molecular weight excluding hydrogens is 465 g/mol. The van der Waals surface area contributed by atoms with Crippen LogP contribution in [0, 0.1) is 0 Å². The third kappa shape index (κ3) is 4.32. The first-order valence-electron chi connectivity index (χ1n) is 8.37. The maximum atomic E-state index is 6.17. The third-order valence-electron chi connectivity index (χ3n) is 4.32. The number of anilines is 1. The van der Waals surface area contributed by atoms with Crippen molar-refractivity contribution in [3.05, 3.63) is 35.8 Å². The number of aliphatic imine (C=N–C) groups is 1. The van der Waals surface area contributed by atoms with Crippen LogP contribution in [0.5, 0.6) is 11.5 Å². The van der Waals surface area contributed by atoms with Gasteiger partial charge in [-0.15, -0.1) is 35.3 Å². The predicted octanol–water partition coefficient (Wildman–Crippen LogP) is 2.04. The van der Waals surface area contributed by atoms with Crippen molar-refractivity contribution in [2.75, 3.05) is 44.2 Å². The Morgan fingerprint density at radius 2 is 2.00 bits per heavy atom. The van der Waals surface area contributed by atoms with Gasteiger partial charge in [0, 0.05) is 37.8 Å². The summed E-state index contributed by atoms with van der Waals surface area (Å²) in [6.07, 6.45) is 1.73. The molecule has 140 valence electrons. The summed E-state index contributed by atoms with van der Waals surface area (Å²) >= 11 is 1.67. The summed E-state index contributed by atoms with van der Waals surface area (Å²) < 4.78 is 11.6. The maximum Gasteiger partial charge on any atom is 0.191 e. The van der Waals surface area contributed by atoms with Gasteiger partial charge in [0.2, 0.25) is 0 Å². The molecule has 4 rings (SSSR count). The summed E-state index contributed by atoms with van der Waals surface area (Å²) in [5.74, 6) is 2.12. The molecule has 1 atom stereocenters. The van der Waals surface area contributed by atoms with Gasteiger partial charge in [0.25, 0.3) is 0 Å². The number of fused-ring (bicyclic) bond motifs is 1. The van der Waals surface area contributed by atoms with E-state index in [1.54, 1.807) is 11.3 Å². The minimum atomic E-state index is -0.106. The number of halogens is 1. The SMILES string of the molecule is I.NC(=NCC1COc2ccccc2O1)N1CCN(c2nccs2)CC1. The maximum absolute atomic E-state index is 6.17. The summed E-state index contributed by atoms with van der Waals surface area (Å²) in [5, 5.41) is 3.07. The second-order valence-corrected chi connectivity index (χ2v) is 6.86. The fraction of sp³-hybridized carbons (Fsp3) is 0.412. The highest BCUT2D eigenvalue weighted by atomic mass is 127. The number of guanidine groups is 1. The second kappa shape index (κ2) is 8.76. The Balaban J connectivity index is 0.00000196. The summed E-state index contributed by atoms with van der Waals surface area (Å²) in [7, 11) is 0. The highest BCUT2D eigenvalue weighted by molar-refractivity contribution is 14.0. The van der Waals surface area contributed by atoms with Crippen molar-refractivity contribution >= 4 is 46.4 Å². The highest BCUT2D eigenvalue weighted by Crippen LogP contribution is 2.30. The Hall–Kier alpha value is -1.75. The number of benzene rings is 1. The van der Waals surface area contributed by atoms with Crippen LogP contribution in [-0.4, -0.2) is 61.3 Å². The van der Waals surface area contributed by atoms with Gasteiger partial charge in [-0.3, -0.25) is 0 Å². The number of thiazole rings is 1. The van der Waals surface area contributed by atoms with Gasteiger partial charge in [0.05, 0.1) is 6.54 Å². The lowest BCUT2D eigenvalue weighted by atomic mass is 10.2. The van der Waals surface area contributed by atoms with E-state index in [4.69, 9.17) is 15.2 Å². The molecule has 0 radical (unpaired) electrons. The molecule has 9 heteroatoms. The summed E-state index contributed by atoms with van der Waals surface area (Å²) in [6, 6.07) is 7.69. The van der Waals surface area contributed by atoms with E-state index < -0.39 is 0 Å². The Kier molecular flexibility index (Phi) is 6.41. The summed E-state index contributed by atoms with van der Waals surface area (Å²) in [4.78, 5) is 13.3. The van der Waals surface area contributed by atoms with Gasteiger partial charge < -0.3 is 25.0 Å². The quantitative estimate of drug-likeness (QED) is 0.406. The zero-order chi connectivity index (χ0) is 17.1. The van der Waals surface area contributed by atoms with Crippen LogP contribution < -0.4 is 20.1 Å². The Morgan fingerprint density at radius 3 is 2.73 bits per heavy atom. The van der Waals surface area contributed by atoms with E-state index in [0.717, 1.165) is 42.8 Å². The molecule has 3 heterocycles. The number of hydrogen-bond acceptors (Lipinski definition) is 6. The molecule has 2 aromatic rings. The molecule has 7 nitrogen and oxygen atoms in total. The molecule has 0 amide bonds. The van der Waals surface area contributed by atoms with Crippen LogP contribution in [0.15, 0.2) is 40.8 Å². The van der Waals surface area contributed by atoms with Crippen molar-refractivity contribution in [3.8, 4) is 11.5 Å². The van der Waals surface area contributed by atoms with Crippen LogP contribution in [0.4, 0.5) is 5.13 Å². The van der Waals surface area contributed by atoms with E-state index in [9.17, 15) is 0 Å². The van der Waals surface area contributed by atoms with Gasteiger partial charge in [-0.1, -0.05) is 12.1 Å². The van der Waals surface area contributed by atoms with E-state index in [2.05, 4.69) is 19.8 Å². The van der Waals surface area contributed by atoms with Crippen LogP contribution in [0.25, 0.3) is 0 Å². The topological polar surface area (TPSA) is 76.2 Å². The Labute approximate surface area is 173 Å². The molecule has 0 aliphatic carbocycles. The van der Waals surface area contributed by atoms with Crippen molar-refractivity contribution in [2.24, 2.45) is 10.7 Å². The van der Waals surface area contributed by atoms with Gasteiger partial charge in [-0.2, -0.15) is 0 Å². The van der Waals surface area contributed by atoms with E-state index in [1.165, 1.54) is 0 Å². The monoisotopic (exact) mass is 487 g/mol. The predicted molar refractivity (Wildman–Crippen MR) is 114 cm³/mol. The Morgan fingerprint density at radius 1 is 1.23 bits per heavy atom. The average molecular weight is 487 g/mol. The number of aromatic nitrogens is 1. The minimum absolute atomic E-state index is 0. The number of ether oxygens (including phenoxy) is 2. The standard InChI is InChI=1S/C17H21N5O2S.HI/c18-16(21-6-8-22(9-7-21)17-19-5-10-25-17)20-11-13-12-23-14-3-1-2-4-15(14)24-13;/h1-5,10,13H,6-9,11-12H2,(H2,18,20);1H. The number of piperazine rings is 1. The number of nitrogens with two attached hydrogens (primary N) is 1. The smallest absolute Gasteiger partial charge is 0.191 e. The molecule has 0 bridgehead atoms. The second-order valence-electron chi connectivity index (χ2n) is 5.99. The molecule has 2 N–H and O–H groups in total. The van der Waals surface area contributed by atoms with Gasteiger partial charge in [0.1, 0.15) is 6.61 Å². The molecule has 2 aliphatic rings. The molecule has 0 spiro atoms. The largest absolute Gasteiger partial charge is 0.486 e. The van der Waals surface area contributed by atoms with Gasteiger partial charge in [0.15, 0.2) is 28.7 Å². The molecule has 1 aromatic heterocycles. The van der Waals surface area contributed by atoms with Crippen LogP contribution in [0.3, 0.4) is 0 Å². The number of rotatable bonds is 3. The number of hydrogen-bond donors (Lipinski definition) is 1. The van der Waals surface area contributed by atoms with E-state index >= 15 is 0 Å². The van der Waals surface area contributed by atoms with Crippen LogP contribution in [-0.2, 0) is 0 Å². The van der Waals surface area contributed by atoms with Crippen molar-refractivity contribution in [3.63, 3.8) is 0 Å². The van der Waals surface area contributed by atoms with Crippen molar-refractivity contribution in [1.82, 2.24) is 9.88 Å². The molecule has 1 fully saturated rings. The minimum Gasteiger partial charge on any atom is -0.486 e. The molecule has 1 aromatic carbocycles. The first-order chi connectivity index (χ1) is 12.3. The van der Waals surface area contributed by atoms with Crippen LogP contribution in [0.2, 0.25) is 0 Å². The first kappa shape index (κ1) is 19.0. The van der Waals surface area contributed by atoms with Gasteiger partial charge in [-0.05, 0) is 12.1 Å².